The second kappa shape index (κ2) is 6.48. The van der Waals surface area contributed by atoms with E-state index in [0.717, 1.165) is 22.4 Å². The first-order chi connectivity index (χ1) is 11.5. The zero-order valence-electron chi connectivity index (χ0n) is 14.2. The van der Waals surface area contributed by atoms with Crippen LogP contribution in [-0.2, 0) is 9.59 Å². The summed E-state index contributed by atoms with van der Waals surface area (Å²) in [5.74, 6) is -0.280. The van der Waals surface area contributed by atoms with Crippen LogP contribution < -0.4 is 9.64 Å². The molecule has 1 saturated heterocycles. The summed E-state index contributed by atoms with van der Waals surface area (Å²) in [7, 11) is 0. The predicted octanol–water partition coefficient (Wildman–Crippen LogP) is 3.57. The standard InChI is InChI=1S/C20H21NO3/c1-13-8-9-17(10-15(13)3)24-20(23)16-11-19(22)21(12-16)18-7-5-4-6-14(18)2/h4-10,16H,11-12H2,1-3H3. The summed E-state index contributed by atoms with van der Waals surface area (Å²) in [5, 5.41) is 0. The number of carbonyl (C=O) groups is 2. The molecule has 4 nitrogen and oxygen atoms in total. The molecule has 1 aliphatic heterocycles. The van der Waals surface area contributed by atoms with Gasteiger partial charge in [-0.15, -0.1) is 0 Å². The van der Waals surface area contributed by atoms with Crippen molar-refractivity contribution in [2.45, 2.75) is 27.2 Å². The Morgan fingerprint density at radius 3 is 2.50 bits per heavy atom. The lowest BCUT2D eigenvalue weighted by atomic mass is 10.1. The van der Waals surface area contributed by atoms with E-state index in [1.54, 1.807) is 11.0 Å². The van der Waals surface area contributed by atoms with E-state index < -0.39 is 5.92 Å². The monoisotopic (exact) mass is 323 g/mol. The smallest absolute Gasteiger partial charge is 0.316 e. The molecule has 1 heterocycles. The van der Waals surface area contributed by atoms with Gasteiger partial charge >= 0.3 is 5.97 Å². The molecule has 0 spiro atoms. The van der Waals surface area contributed by atoms with Gasteiger partial charge in [-0.05, 0) is 55.7 Å². The number of esters is 1. The molecule has 0 N–H and O–H groups in total. The highest BCUT2D eigenvalue weighted by Crippen LogP contribution is 2.29. The van der Waals surface area contributed by atoms with Crippen molar-refractivity contribution < 1.29 is 14.3 Å². The quantitative estimate of drug-likeness (QED) is 0.641. The number of aryl methyl sites for hydroxylation is 3. The first-order valence-electron chi connectivity index (χ1n) is 8.10. The van der Waals surface area contributed by atoms with E-state index in [4.69, 9.17) is 4.74 Å². The number of rotatable bonds is 3. The van der Waals surface area contributed by atoms with Crippen molar-refractivity contribution in [3.05, 3.63) is 59.2 Å². The molecule has 3 rings (SSSR count). The van der Waals surface area contributed by atoms with Gasteiger partial charge in [0.05, 0.1) is 5.92 Å². The zero-order valence-corrected chi connectivity index (χ0v) is 14.2. The molecular weight excluding hydrogens is 302 g/mol. The van der Waals surface area contributed by atoms with E-state index in [0.29, 0.717) is 12.3 Å². The van der Waals surface area contributed by atoms with Crippen LogP contribution in [0.25, 0.3) is 0 Å². The number of hydrogen-bond donors (Lipinski definition) is 0. The Balaban J connectivity index is 1.72. The molecule has 0 saturated carbocycles. The Morgan fingerprint density at radius 2 is 1.79 bits per heavy atom. The summed E-state index contributed by atoms with van der Waals surface area (Å²) in [6.45, 7) is 6.32. The number of benzene rings is 2. The zero-order chi connectivity index (χ0) is 17.3. The van der Waals surface area contributed by atoms with Crippen LogP contribution in [0.1, 0.15) is 23.1 Å². The van der Waals surface area contributed by atoms with Gasteiger partial charge in [-0.3, -0.25) is 9.59 Å². The highest BCUT2D eigenvalue weighted by molar-refractivity contribution is 6.00. The molecule has 4 heteroatoms. The van der Waals surface area contributed by atoms with Gasteiger partial charge in [0.1, 0.15) is 5.75 Å². The molecule has 1 fully saturated rings. The molecule has 124 valence electrons. The number of ether oxygens (including phenoxy) is 1. The van der Waals surface area contributed by atoms with E-state index >= 15 is 0 Å². The Hall–Kier alpha value is -2.62. The van der Waals surface area contributed by atoms with Crippen LogP contribution in [0.5, 0.6) is 5.75 Å². The minimum absolute atomic E-state index is 0.0358. The van der Waals surface area contributed by atoms with Crippen molar-refractivity contribution in [2.24, 2.45) is 5.92 Å². The van der Waals surface area contributed by atoms with E-state index in [2.05, 4.69) is 0 Å². The van der Waals surface area contributed by atoms with Crippen LogP contribution in [0.3, 0.4) is 0 Å². The van der Waals surface area contributed by atoms with Crippen LogP contribution in [0, 0.1) is 26.7 Å². The van der Waals surface area contributed by atoms with Crippen molar-refractivity contribution in [3.63, 3.8) is 0 Å². The fraction of sp³-hybridized carbons (Fsp3) is 0.300. The predicted molar refractivity (Wildman–Crippen MR) is 93.2 cm³/mol. The normalized spacial score (nSPS) is 17.2. The van der Waals surface area contributed by atoms with Gasteiger partial charge in [-0.2, -0.15) is 0 Å². The summed E-state index contributed by atoms with van der Waals surface area (Å²) in [6.07, 6.45) is 0.192. The van der Waals surface area contributed by atoms with Crippen LogP contribution in [0.4, 0.5) is 5.69 Å². The summed E-state index contributed by atoms with van der Waals surface area (Å²) in [6, 6.07) is 13.3. The summed E-state index contributed by atoms with van der Waals surface area (Å²) < 4.78 is 5.48. The molecule has 2 aromatic carbocycles. The Morgan fingerprint density at radius 1 is 1.04 bits per heavy atom. The molecule has 1 unspecified atom stereocenters. The maximum atomic E-state index is 12.4. The minimum Gasteiger partial charge on any atom is -0.426 e. The number of anilines is 1. The molecule has 24 heavy (non-hydrogen) atoms. The summed E-state index contributed by atoms with van der Waals surface area (Å²) >= 11 is 0. The highest BCUT2D eigenvalue weighted by Gasteiger charge is 2.36. The Bertz CT molecular complexity index is 797. The van der Waals surface area contributed by atoms with Crippen molar-refractivity contribution in [1.29, 1.82) is 0 Å². The summed E-state index contributed by atoms with van der Waals surface area (Å²) in [4.78, 5) is 26.4. The van der Waals surface area contributed by atoms with Gasteiger partial charge in [0.2, 0.25) is 5.91 Å². The highest BCUT2D eigenvalue weighted by atomic mass is 16.5. The number of hydrogen-bond acceptors (Lipinski definition) is 3. The fourth-order valence-electron chi connectivity index (χ4n) is 2.94. The number of carbonyl (C=O) groups excluding carboxylic acids is 2. The van der Waals surface area contributed by atoms with E-state index in [1.165, 1.54) is 0 Å². The van der Waals surface area contributed by atoms with Gasteiger partial charge in [0.15, 0.2) is 0 Å². The first-order valence-corrected chi connectivity index (χ1v) is 8.10. The average Bonchev–Trinajstić information content (AvgIpc) is 2.93. The molecule has 1 atom stereocenters. The lowest BCUT2D eigenvalue weighted by molar-refractivity contribution is -0.139. The third kappa shape index (κ3) is 3.18. The molecule has 1 amide bonds. The van der Waals surface area contributed by atoms with Gasteiger partial charge in [0.25, 0.3) is 0 Å². The lowest BCUT2D eigenvalue weighted by Crippen LogP contribution is -2.27. The van der Waals surface area contributed by atoms with E-state index in [-0.39, 0.29) is 18.3 Å². The Kier molecular flexibility index (Phi) is 4.38. The van der Waals surface area contributed by atoms with E-state index in [1.807, 2.05) is 57.2 Å². The molecule has 2 aromatic rings. The van der Waals surface area contributed by atoms with E-state index in [9.17, 15) is 9.59 Å². The third-order valence-electron chi connectivity index (χ3n) is 4.56. The Labute approximate surface area is 142 Å². The maximum absolute atomic E-state index is 12.4. The fourth-order valence-corrected chi connectivity index (χ4v) is 2.94. The van der Waals surface area contributed by atoms with Crippen LogP contribution in [0.2, 0.25) is 0 Å². The largest absolute Gasteiger partial charge is 0.426 e. The van der Waals surface area contributed by atoms with Crippen LogP contribution >= 0.6 is 0 Å². The van der Waals surface area contributed by atoms with Crippen LogP contribution in [0.15, 0.2) is 42.5 Å². The number of nitrogens with zero attached hydrogens (tertiary/aromatic N) is 1. The maximum Gasteiger partial charge on any atom is 0.316 e. The number of amides is 1. The molecule has 0 radical (unpaired) electrons. The summed E-state index contributed by atoms with van der Waals surface area (Å²) in [5.41, 5.74) is 4.11. The second-order valence-corrected chi connectivity index (χ2v) is 6.36. The molecule has 1 aliphatic rings. The minimum atomic E-state index is -0.432. The van der Waals surface area contributed by atoms with Gasteiger partial charge in [-0.1, -0.05) is 24.3 Å². The third-order valence-corrected chi connectivity index (χ3v) is 4.56. The average molecular weight is 323 g/mol. The van der Waals surface area contributed by atoms with Crippen molar-refractivity contribution in [1.82, 2.24) is 0 Å². The SMILES string of the molecule is Cc1ccc(OC(=O)C2CC(=O)N(c3ccccc3C)C2)cc1C. The first kappa shape index (κ1) is 16.2. The number of para-hydroxylation sites is 1. The molecular formula is C20H21NO3. The van der Waals surface area contributed by atoms with Crippen molar-refractivity contribution in [3.8, 4) is 5.75 Å². The van der Waals surface area contributed by atoms with Crippen LogP contribution in [-0.4, -0.2) is 18.4 Å². The molecule has 0 bridgehead atoms. The van der Waals surface area contributed by atoms with Crippen molar-refractivity contribution in [2.75, 3.05) is 11.4 Å². The lowest BCUT2D eigenvalue weighted by Gasteiger charge is -2.18. The van der Waals surface area contributed by atoms with Gasteiger partial charge < -0.3 is 9.64 Å². The molecule has 0 aliphatic carbocycles. The van der Waals surface area contributed by atoms with Gasteiger partial charge in [-0.25, -0.2) is 0 Å². The topological polar surface area (TPSA) is 46.6 Å². The van der Waals surface area contributed by atoms with Crippen molar-refractivity contribution >= 4 is 17.6 Å². The molecule has 0 aromatic heterocycles. The second-order valence-electron chi connectivity index (χ2n) is 6.36. The van der Waals surface area contributed by atoms with Gasteiger partial charge in [0, 0.05) is 18.7 Å².